The van der Waals surface area contributed by atoms with Crippen molar-refractivity contribution in [2.75, 3.05) is 25.6 Å². The van der Waals surface area contributed by atoms with Crippen LogP contribution in [0.15, 0.2) is 47.4 Å². The van der Waals surface area contributed by atoms with E-state index in [4.69, 9.17) is 14.5 Å². The van der Waals surface area contributed by atoms with Gasteiger partial charge in [-0.2, -0.15) is 5.26 Å². The summed E-state index contributed by atoms with van der Waals surface area (Å²) in [5, 5.41) is 13.0. The molecule has 0 radical (unpaired) electrons. The van der Waals surface area contributed by atoms with E-state index in [0.29, 0.717) is 37.0 Å². The van der Waals surface area contributed by atoms with Crippen molar-refractivity contribution in [2.24, 2.45) is 10.9 Å². The van der Waals surface area contributed by atoms with E-state index in [1.54, 1.807) is 13.3 Å². The molecule has 0 bridgehead atoms. The first-order valence-corrected chi connectivity index (χ1v) is 11.5. The monoisotopic (exact) mass is 461 g/mol. The van der Waals surface area contributed by atoms with Gasteiger partial charge in [-0.05, 0) is 44.2 Å². The van der Waals surface area contributed by atoms with Gasteiger partial charge in [0.15, 0.2) is 0 Å². The fraction of sp³-hybridized carbons (Fsp3) is 0.462. The third kappa shape index (κ3) is 4.54. The summed E-state index contributed by atoms with van der Waals surface area (Å²) in [6.45, 7) is 10.8. The second kappa shape index (κ2) is 9.53. The van der Waals surface area contributed by atoms with Gasteiger partial charge in [-0.3, -0.25) is 4.79 Å². The molecule has 1 aliphatic carbocycles. The molecule has 2 aromatic rings. The summed E-state index contributed by atoms with van der Waals surface area (Å²) in [5.41, 5.74) is 3.05. The summed E-state index contributed by atoms with van der Waals surface area (Å²) in [6, 6.07) is 4.23. The highest BCUT2D eigenvalue weighted by Crippen LogP contribution is 2.44. The fourth-order valence-corrected chi connectivity index (χ4v) is 4.59. The van der Waals surface area contributed by atoms with Crippen LogP contribution < -0.4 is 5.32 Å². The molecule has 0 unspecified atom stereocenters. The van der Waals surface area contributed by atoms with Crippen LogP contribution in [-0.4, -0.2) is 47.2 Å². The first-order chi connectivity index (χ1) is 16.3. The zero-order valence-electron chi connectivity index (χ0n) is 20.2. The maximum absolute atomic E-state index is 11.7. The number of nitrogens with one attached hydrogen (secondary N) is 1. The van der Waals surface area contributed by atoms with Crippen LogP contribution in [0.25, 0.3) is 10.9 Å². The molecule has 178 valence electrons. The third-order valence-corrected chi connectivity index (χ3v) is 6.60. The Hall–Kier alpha value is -3.28. The Balaban J connectivity index is 1.86. The molecule has 1 amide bonds. The highest BCUT2D eigenvalue weighted by Gasteiger charge is 2.38. The number of hydrogen-bond acceptors (Lipinski definition) is 6. The van der Waals surface area contributed by atoms with Crippen LogP contribution in [0, 0.1) is 17.2 Å². The normalized spacial score (nSPS) is 24.4. The molecular formula is C26H31N5O3. The molecule has 8 heteroatoms. The van der Waals surface area contributed by atoms with Gasteiger partial charge >= 0.3 is 0 Å². The van der Waals surface area contributed by atoms with Crippen molar-refractivity contribution in [3.05, 3.63) is 47.9 Å². The van der Waals surface area contributed by atoms with Crippen LogP contribution in [0.3, 0.4) is 0 Å². The molecule has 3 heterocycles. The topological polar surface area (TPSA) is 102 Å². The number of anilines is 1. The lowest BCUT2D eigenvalue weighted by molar-refractivity contribution is -0.114. The Kier molecular flexibility index (Phi) is 6.69. The van der Waals surface area contributed by atoms with Gasteiger partial charge in [-0.15, -0.1) is 0 Å². The lowest BCUT2D eigenvalue weighted by atomic mass is 9.72. The number of allylic oxidation sites excluding steroid dienone is 2. The van der Waals surface area contributed by atoms with Gasteiger partial charge in [0, 0.05) is 56.8 Å². The number of amides is 1. The number of pyridine rings is 1. The quantitative estimate of drug-likeness (QED) is 0.503. The molecule has 8 nitrogen and oxygen atoms in total. The lowest BCUT2D eigenvalue weighted by Gasteiger charge is -2.30. The molecular weight excluding hydrogens is 430 g/mol. The number of nitriles is 1. The Bertz CT molecular complexity index is 1220. The zero-order chi connectivity index (χ0) is 24.5. The van der Waals surface area contributed by atoms with E-state index in [1.165, 1.54) is 6.92 Å². The van der Waals surface area contributed by atoms with Crippen molar-refractivity contribution >= 4 is 28.5 Å². The van der Waals surface area contributed by atoms with E-state index in [9.17, 15) is 10.1 Å². The van der Waals surface area contributed by atoms with Crippen LogP contribution >= 0.6 is 0 Å². The van der Waals surface area contributed by atoms with Gasteiger partial charge in [0.2, 0.25) is 5.91 Å². The van der Waals surface area contributed by atoms with E-state index >= 15 is 0 Å². The highest BCUT2D eigenvalue weighted by molar-refractivity contribution is 6.04. The summed E-state index contributed by atoms with van der Waals surface area (Å²) in [5.74, 6) is 1.36. The summed E-state index contributed by atoms with van der Waals surface area (Å²) in [4.78, 5) is 21.0. The standard InChI is InChI=1S/C26H31N5O3/c1-16(2)8-25(29-17(3)26(33-5)6-7-34-15-26)31-14-22(20-9-19(10-20)12-27)21-13-28-24(11-23(21)31)30-18(4)32/h8,11,13-14,19-20H,3,6-7,9-10,15H2,1-2,4-5H3,(H,28,30,32)/b29-25+/t19-,20+,26-/m0/s1. The van der Waals surface area contributed by atoms with Crippen LogP contribution in [-0.2, 0) is 14.3 Å². The molecule has 1 N–H and O–H groups in total. The van der Waals surface area contributed by atoms with E-state index < -0.39 is 5.60 Å². The molecule has 0 spiro atoms. The molecule has 0 aromatic carbocycles. The molecule has 34 heavy (non-hydrogen) atoms. The van der Waals surface area contributed by atoms with Crippen molar-refractivity contribution in [1.82, 2.24) is 9.55 Å². The van der Waals surface area contributed by atoms with Crippen molar-refractivity contribution in [2.45, 2.75) is 51.6 Å². The molecule has 1 saturated carbocycles. The number of methoxy groups -OCH3 is 1. The zero-order valence-corrected chi connectivity index (χ0v) is 20.2. The number of fused-ring (bicyclic) bond motifs is 1. The first kappa shape index (κ1) is 23.9. The molecule has 4 rings (SSSR count). The molecule has 2 aromatic heterocycles. The summed E-state index contributed by atoms with van der Waals surface area (Å²) in [7, 11) is 1.66. The first-order valence-electron chi connectivity index (χ1n) is 11.5. The van der Waals surface area contributed by atoms with Gasteiger partial charge in [0.05, 0.1) is 23.9 Å². The summed E-state index contributed by atoms with van der Waals surface area (Å²) < 4.78 is 13.4. The lowest BCUT2D eigenvalue weighted by Crippen LogP contribution is -2.33. The number of aliphatic imine (C=N–C) groups is 1. The Morgan fingerprint density at radius 1 is 1.44 bits per heavy atom. The molecule has 2 fully saturated rings. The maximum atomic E-state index is 11.7. The average Bonchev–Trinajstić information content (AvgIpc) is 3.38. The molecule has 1 aliphatic heterocycles. The van der Waals surface area contributed by atoms with E-state index in [2.05, 4.69) is 29.1 Å². The van der Waals surface area contributed by atoms with Crippen LogP contribution in [0.1, 0.15) is 51.5 Å². The van der Waals surface area contributed by atoms with Gasteiger partial charge in [-0.1, -0.05) is 12.2 Å². The smallest absolute Gasteiger partial charge is 0.222 e. The van der Waals surface area contributed by atoms with Gasteiger partial charge < -0.3 is 19.4 Å². The molecule has 1 saturated heterocycles. The van der Waals surface area contributed by atoms with Gasteiger partial charge in [0.25, 0.3) is 0 Å². The van der Waals surface area contributed by atoms with Crippen molar-refractivity contribution in [1.29, 1.82) is 5.26 Å². The second-order valence-electron chi connectivity index (χ2n) is 9.36. The number of hydrogen-bond donors (Lipinski definition) is 1. The number of nitrogens with zero attached hydrogens (tertiary/aromatic N) is 4. The summed E-state index contributed by atoms with van der Waals surface area (Å²) >= 11 is 0. The van der Waals surface area contributed by atoms with Crippen molar-refractivity contribution in [3.8, 4) is 6.07 Å². The second-order valence-corrected chi connectivity index (χ2v) is 9.36. The Morgan fingerprint density at radius 3 is 2.79 bits per heavy atom. The number of carbonyl (C=O) groups is 1. The van der Waals surface area contributed by atoms with Gasteiger partial charge in [-0.25, -0.2) is 9.98 Å². The van der Waals surface area contributed by atoms with Crippen LogP contribution in [0.2, 0.25) is 0 Å². The minimum Gasteiger partial charge on any atom is -0.378 e. The average molecular weight is 462 g/mol. The van der Waals surface area contributed by atoms with Crippen molar-refractivity contribution < 1.29 is 14.3 Å². The summed E-state index contributed by atoms with van der Waals surface area (Å²) in [6.07, 6.45) is 8.23. The largest absolute Gasteiger partial charge is 0.378 e. The fourth-order valence-electron chi connectivity index (χ4n) is 4.59. The minimum absolute atomic E-state index is 0.0876. The third-order valence-electron chi connectivity index (χ3n) is 6.60. The van der Waals surface area contributed by atoms with E-state index in [1.807, 2.05) is 30.6 Å². The maximum Gasteiger partial charge on any atom is 0.222 e. The Labute approximate surface area is 200 Å². The highest BCUT2D eigenvalue weighted by atomic mass is 16.5. The van der Waals surface area contributed by atoms with Gasteiger partial charge in [0.1, 0.15) is 17.3 Å². The minimum atomic E-state index is -0.649. The van der Waals surface area contributed by atoms with E-state index in [-0.39, 0.29) is 17.7 Å². The number of rotatable bonds is 6. The van der Waals surface area contributed by atoms with Crippen molar-refractivity contribution in [3.63, 3.8) is 0 Å². The Morgan fingerprint density at radius 2 is 2.21 bits per heavy atom. The number of carbonyl (C=O) groups excluding carboxylic acids is 1. The molecule has 2 aliphatic rings. The number of ether oxygens (including phenoxy) is 2. The van der Waals surface area contributed by atoms with Crippen LogP contribution in [0.5, 0.6) is 0 Å². The van der Waals surface area contributed by atoms with Crippen LogP contribution in [0.4, 0.5) is 5.82 Å². The number of aromatic nitrogens is 2. The predicted octanol–water partition coefficient (Wildman–Crippen LogP) is 4.54. The SMILES string of the molecule is C=C(/N=C(\C=C(C)C)n1cc([C@H]2C[C@@H](C#N)C2)c2cnc(NC(C)=O)cc21)[C@]1(OC)CCOC1. The molecule has 1 atom stereocenters. The van der Waals surface area contributed by atoms with E-state index in [0.717, 1.165) is 34.9 Å². The predicted molar refractivity (Wildman–Crippen MR) is 132 cm³/mol.